The Hall–Kier alpha value is -1.70. The van der Waals surface area contributed by atoms with Crippen molar-refractivity contribution >= 4 is 27.3 Å². The molecule has 0 unspecified atom stereocenters. The fourth-order valence-corrected chi connectivity index (χ4v) is 4.70. The number of sulfonamides is 1. The minimum absolute atomic E-state index is 0.0525. The molecule has 0 amide bonds. The smallest absolute Gasteiger partial charge is 0.310 e. The molecule has 2 aromatic rings. The van der Waals surface area contributed by atoms with E-state index in [1.54, 1.807) is 0 Å². The summed E-state index contributed by atoms with van der Waals surface area (Å²) >= 11 is 1.41. The van der Waals surface area contributed by atoms with Gasteiger partial charge in [0.1, 0.15) is 0 Å². The third-order valence-electron chi connectivity index (χ3n) is 4.06. The van der Waals surface area contributed by atoms with Gasteiger partial charge in [-0.15, -0.1) is 11.3 Å². The summed E-state index contributed by atoms with van der Waals surface area (Å²) in [6.07, 6.45) is 1.72. The molecule has 0 aliphatic rings. The number of rotatable bonds is 10. The molecule has 0 radical (unpaired) electrons. The summed E-state index contributed by atoms with van der Waals surface area (Å²) in [6, 6.07) is 11.8. The number of ether oxygens (including phenoxy) is 1. The predicted octanol–water partition coefficient (Wildman–Crippen LogP) is 3.32. The van der Waals surface area contributed by atoms with Crippen LogP contribution in [0.1, 0.15) is 34.7 Å². The Labute approximate surface area is 165 Å². The normalized spacial score (nSPS) is 11.7. The van der Waals surface area contributed by atoms with Gasteiger partial charge in [0.15, 0.2) is 0 Å². The highest BCUT2D eigenvalue weighted by Gasteiger charge is 2.12. The number of nitrogens with one attached hydrogen (secondary N) is 1. The van der Waals surface area contributed by atoms with Crippen LogP contribution in [0.3, 0.4) is 0 Å². The molecule has 27 heavy (non-hydrogen) atoms. The maximum Gasteiger partial charge on any atom is 0.310 e. The van der Waals surface area contributed by atoms with Crippen LogP contribution < -0.4 is 4.72 Å². The van der Waals surface area contributed by atoms with E-state index in [9.17, 15) is 13.2 Å². The maximum atomic E-state index is 12.2. The van der Waals surface area contributed by atoms with Crippen molar-refractivity contribution in [1.82, 2.24) is 4.72 Å². The maximum absolute atomic E-state index is 12.2. The molecular formula is C20H27NO4S2. The van der Waals surface area contributed by atoms with Crippen LogP contribution in [0.2, 0.25) is 0 Å². The van der Waals surface area contributed by atoms with E-state index in [2.05, 4.69) is 35.4 Å². The van der Waals surface area contributed by atoms with E-state index in [0.717, 1.165) is 21.7 Å². The van der Waals surface area contributed by atoms with E-state index in [4.69, 9.17) is 0 Å². The van der Waals surface area contributed by atoms with Gasteiger partial charge in [-0.25, -0.2) is 13.1 Å². The van der Waals surface area contributed by atoms with Gasteiger partial charge in [0, 0.05) is 16.3 Å². The summed E-state index contributed by atoms with van der Waals surface area (Å²) in [5.41, 5.74) is 2.29. The van der Waals surface area contributed by atoms with Crippen molar-refractivity contribution in [3.05, 3.63) is 57.3 Å². The highest BCUT2D eigenvalue weighted by molar-refractivity contribution is 7.89. The van der Waals surface area contributed by atoms with E-state index < -0.39 is 10.0 Å². The molecule has 0 aliphatic heterocycles. The van der Waals surface area contributed by atoms with Crippen molar-refractivity contribution in [1.29, 1.82) is 0 Å². The first-order chi connectivity index (χ1) is 12.8. The van der Waals surface area contributed by atoms with E-state index in [0.29, 0.717) is 12.3 Å². The second-order valence-electron chi connectivity index (χ2n) is 6.93. The predicted molar refractivity (Wildman–Crippen MR) is 109 cm³/mol. The van der Waals surface area contributed by atoms with Gasteiger partial charge in [-0.3, -0.25) is 4.79 Å². The van der Waals surface area contributed by atoms with Gasteiger partial charge in [-0.05, 0) is 42.0 Å². The van der Waals surface area contributed by atoms with Gasteiger partial charge in [-0.1, -0.05) is 38.1 Å². The fourth-order valence-electron chi connectivity index (χ4n) is 2.65. The topological polar surface area (TPSA) is 72.5 Å². The van der Waals surface area contributed by atoms with Gasteiger partial charge in [0.25, 0.3) is 0 Å². The standard InChI is InChI=1S/C20H27NO4S2/c1-15(2)12-17-6-4-16(5-7-17)10-11-27(23,24)21-14-19-9-8-18(26-19)13-20(22)25-3/h4-9,15,21H,10-14H2,1-3H3. The molecular weight excluding hydrogens is 382 g/mol. The lowest BCUT2D eigenvalue weighted by atomic mass is 10.0. The zero-order valence-corrected chi connectivity index (χ0v) is 17.7. The number of hydrogen-bond acceptors (Lipinski definition) is 5. The Bertz CT molecular complexity index is 839. The van der Waals surface area contributed by atoms with Crippen molar-refractivity contribution in [2.45, 2.75) is 39.7 Å². The summed E-state index contributed by atoms with van der Waals surface area (Å²) in [4.78, 5) is 13.0. The lowest BCUT2D eigenvalue weighted by Gasteiger charge is -2.08. The third kappa shape index (κ3) is 7.82. The Balaban J connectivity index is 1.82. The number of methoxy groups -OCH3 is 1. The van der Waals surface area contributed by atoms with Crippen LogP contribution in [-0.2, 0) is 45.4 Å². The zero-order chi connectivity index (χ0) is 19.9. The second-order valence-corrected chi connectivity index (χ2v) is 10.1. The molecule has 2 rings (SSSR count). The molecule has 1 heterocycles. The summed E-state index contributed by atoms with van der Waals surface area (Å²) in [6.45, 7) is 4.60. The number of esters is 1. The molecule has 1 aromatic carbocycles. The number of thiophene rings is 1. The van der Waals surface area contributed by atoms with Crippen LogP contribution in [0.25, 0.3) is 0 Å². The minimum Gasteiger partial charge on any atom is -0.469 e. The largest absolute Gasteiger partial charge is 0.469 e. The van der Waals surface area contributed by atoms with Gasteiger partial charge in [0.05, 0.1) is 19.3 Å². The third-order valence-corrected chi connectivity index (χ3v) is 6.47. The first-order valence-electron chi connectivity index (χ1n) is 8.97. The Morgan fingerprint density at radius 1 is 1.07 bits per heavy atom. The van der Waals surface area contributed by atoms with Crippen LogP contribution in [0.5, 0.6) is 0 Å². The number of aryl methyl sites for hydroxylation is 1. The molecule has 0 saturated carbocycles. The number of hydrogen-bond donors (Lipinski definition) is 1. The van der Waals surface area contributed by atoms with Gasteiger partial charge < -0.3 is 4.74 Å². The fraction of sp³-hybridized carbons (Fsp3) is 0.450. The van der Waals surface area contributed by atoms with Crippen molar-refractivity contribution in [2.24, 2.45) is 5.92 Å². The molecule has 0 spiro atoms. The summed E-state index contributed by atoms with van der Waals surface area (Å²) in [5.74, 6) is 0.353. The highest BCUT2D eigenvalue weighted by Crippen LogP contribution is 2.17. The summed E-state index contributed by atoms with van der Waals surface area (Å²) in [5, 5.41) is 0. The van der Waals surface area contributed by atoms with E-state index in [1.165, 1.54) is 24.0 Å². The van der Waals surface area contributed by atoms with Crippen LogP contribution >= 0.6 is 11.3 Å². The van der Waals surface area contributed by atoms with Crippen molar-refractivity contribution in [3.8, 4) is 0 Å². The highest BCUT2D eigenvalue weighted by atomic mass is 32.2. The number of carbonyl (C=O) groups excluding carboxylic acids is 1. The second kappa shape index (κ2) is 10.0. The van der Waals surface area contributed by atoms with Gasteiger partial charge in [-0.2, -0.15) is 0 Å². The summed E-state index contributed by atoms with van der Waals surface area (Å²) in [7, 11) is -2.01. The average Bonchev–Trinajstić information content (AvgIpc) is 3.06. The first-order valence-corrected chi connectivity index (χ1v) is 11.4. The first kappa shape index (κ1) is 21.6. The Morgan fingerprint density at radius 2 is 1.70 bits per heavy atom. The lowest BCUT2D eigenvalue weighted by Crippen LogP contribution is -2.26. The van der Waals surface area contributed by atoms with Crippen LogP contribution in [0.15, 0.2) is 36.4 Å². The van der Waals surface area contributed by atoms with Crippen molar-refractivity contribution in [2.75, 3.05) is 12.9 Å². The van der Waals surface area contributed by atoms with E-state index in [-0.39, 0.29) is 24.7 Å². The Morgan fingerprint density at radius 3 is 2.33 bits per heavy atom. The van der Waals surface area contributed by atoms with Gasteiger partial charge in [0.2, 0.25) is 10.0 Å². The molecule has 0 fully saturated rings. The zero-order valence-electron chi connectivity index (χ0n) is 16.0. The quantitative estimate of drug-likeness (QED) is 0.611. The molecule has 148 valence electrons. The van der Waals surface area contributed by atoms with Gasteiger partial charge >= 0.3 is 5.97 Å². The molecule has 1 aromatic heterocycles. The molecule has 0 bridgehead atoms. The molecule has 5 nitrogen and oxygen atoms in total. The van der Waals surface area contributed by atoms with Crippen LogP contribution in [0, 0.1) is 5.92 Å². The SMILES string of the molecule is COC(=O)Cc1ccc(CNS(=O)(=O)CCc2ccc(CC(C)C)cc2)s1. The number of benzene rings is 1. The molecule has 7 heteroatoms. The monoisotopic (exact) mass is 409 g/mol. The number of carbonyl (C=O) groups is 1. The Kier molecular flexibility index (Phi) is 8.01. The van der Waals surface area contributed by atoms with Crippen molar-refractivity contribution < 1.29 is 17.9 Å². The van der Waals surface area contributed by atoms with Crippen LogP contribution in [0.4, 0.5) is 0 Å². The van der Waals surface area contributed by atoms with E-state index in [1.807, 2.05) is 24.3 Å². The van der Waals surface area contributed by atoms with Crippen LogP contribution in [-0.4, -0.2) is 27.2 Å². The molecule has 0 saturated heterocycles. The average molecular weight is 410 g/mol. The minimum atomic E-state index is -3.36. The van der Waals surface area contributed by atoms with Crippen molar-refractivity contribution in [3.63, 3.8) is 0 Å². The molecule has 1 N–H and O–H groups in total. The lowest BCUT2D eigenvalue weighted by molar-refractivity contribution is -0.139. The molecule has 0 atom stereocenters. The van der Waals surface area contributed by atoms with E-state index >= 15 is 0 Å². The summed E-state index contributed by atoms with van der Waals surface area (Å²) < 4.78 is 31.7. The molecule has 0 aliphatic carbocycles.